The van der Waals surface area contributed by atoms with Gasteiger partial charge in [0.2, 0.25) is 0 Å². The zero-order chi connectivity index (χ0) is 21.9. The minimum Gasteiger partial charge on any atom is -0.382 e. The molecule has 1 aliphatic heterocycles. The van der Waals surface area contributed by atoms with E-state index in [1.165, 1.54) is 7.11 Å². The largest absolute Gasteiger partial charge is 0.382 e. The van der Waals surface area contributed by atoms with E-state index in [4.69, 9.17) is 65.4 Å². The molecule has 3 rings (SSSR count). The number of methoxy groups -OCH3 is 1. The first-order valence-electron chi connectivity index (χ1n) is 9.20. The summed E-state index contributed by atoms with van der Waals surface area (Å²) in [6.45, 7) is 2.18. The molecule has 5 nitrogen and oxygen atoms in total. The second-order valence-electron chi connectivity index (χ2n) is 7.19. The van der Waals surface area contributed by atoms with Crippen molar-refractivity contribution >= 4 is 46.4 Å². The molecule has 1 heterocycles. The number of benzene rings is 2. The van der Waals surface area contributed by atoms with Gasteiger partial charge in [0.15, 0.2) is 6.29 Å². The molecule has 0 aliphatic carbocycles. The molecule has 2 aromatic carbocycles. The number of halogens is 4. The van der Waals surface area contributed by atoms with Crippen LogP contribution in [-0.2, 0) is 32.2 Å². The second kappa shape index (κ2) is 10.3. The van der Waals surface area contributed by atoms with Gasteiger partial charge in [0.25, 0.3) is 0 Å². The first-order valence-corrected chi connectivity index (χ1v) is 10.7. The molecule has 0 radical (unpaired) electrons. The predicted octanol–water partition coefficient (Wildman–Crippen LogP) is 5.52. The molecular formula is C21H22Cl4O5. The lowest BCUT2D eigenvalue weighted by Crippen LogP contribution is -2.48. The Hall–Kier alpha value is -0.600. The van der Waals surface area contributed by atoms with Crippen LogP contribution in [0.15, 0.2) is 36.4 Å². The molecule has 0 bridgehead atoms. The van der Waals surface area contributed by atoms with Crippen molar-refractivity contribution in [1.82, 2.24) is 0 Å². The summed E-state index contributed by atoms with van der Waals surface area (Å²) in [5.74, 6) is 0. The van der Waals surface area contributed by atoms with Crippen molar-refractivity contribution in [3.63, 3.8) is 0 Å². The molecule has 9 heteroatoms. The molecule has 4 atom stereocenters. The molecular weight excluding hydrogens is 474 g/mol. The zero-order valence-electron chi connectivity index (χ0n) is 16.4. The number of aliphatic hydroxyl groups is 1. The van der Waals surface area contributed by atoms with Crippen LogP contribution in [0, 0.1) is 0 Å². The van der Waals surface area contributed by atoms with Gasteiger partial charge in [-0.1, -0.05) is 58.5 Å². The van der Waals surface area contributed by atoms with E-state index < -0.39 is 24.1 Å². The monoisotopic (exact) mass is 494 g/mol. The number of rotatable bonds is 8. The average molecular weight is 496 g/mol. The van der Waals surface area contributed by atoms with Gasteiger partial charge in [-0.3, -0.25) is 0 Å². The third-order valence-electron chi connectivity index (χ3n) is 4.89. The van der Waals surface area contributed by atoms with Gasteiger partial charge >= 0.3 is 0 Å². The van der Waals surface area contributed by atoms with Crippen molar-refractivity contribution in [2.45, 2.75) is 44.2 Å². The molecule has 0 saturated carbocycles. The van der Waals surface area contributed by atoms with E-state index in [2.05, 4.69) is 0 Å². The summed E-state index contributed by atoms with van der Waals surface area (Å²) < 4.78 is 22.9. The Balaban J connectivity index is 1.66. The maximum atomic E-state index is 10.9. The topological polar surface area (TPSA) is 57.2 Å². The van der Waals surface area contributed by atoms with Crippen LogP contribution in [0.3, 0.4) is 0 Å². The Morgan fingerprint density at radius 3 is 2.07 bits per heavy atom. The molecule has 0 aromatic heterocycles. The zero-order valence-corrected chi connectivity index (χ0v) is 19.4. The summed E-state index contributed by atoms with van der Waals surface area (Å²) in [5, 5.41) is 13.0. The standard InChI is InChI=1S/C21H22Cl4O5/c1-21(26)19(29-10-13-4-6-15(23)8-17(13)25)18(30-20(21)27-2)11-28-9-12-3-5-14(22)7-16(12)24/h3-8,18-20,26H,9-11H2,1-2H3. The van der Waals surface area contributed by atoms with Gasteiger partial charge in [-0.2, -0.15) is 0 Å². The lowest BCUT2D eigenvalue weighted by atomic mass is 9.97. The first-order chi connectivity index (χ1) is 14.2. The minimum atomic E-state index is -1.39. The molecule has 1 aliphatic rings. The van der Waals surface area contributed by atoms with Crippen LogP contribution in [0.2, 0.25) is 20.1 Å². The minimum absolute atomic E-state index is 0.161. The molecule has 1 fully saturated rings. The lowest BCUT2D eigenvalue weighted by Gasteiger charge is -2.29. The van der Waals surface area contributed by atoms with E-state index in [9.17, 15) is 5.11 Å². The maximum absolute atomic E-state index is 10.9. The Morgan fingerprint density at radius 2 is 1.53 bits per heavy atom. The summed E-state index contributed by atoms with van der Waals surface area (Å²) in [4.78, 5) is 0. The van der Waals surface area contributed by atoms with Gasteiger partial charge in [-0.05, 0) is 42.3 Å². The summed E-state index contributed by atoms with van der Waals surface area (Å²) in [7, 11) is 1.46. The van der Waals surface area contributed by atoms with Crippen molar-refractivity contribution < 1.29 is 24.1 Å². The SMILES string of the molecule is COC1OC(COCc2ccc(Cl)cc2Cl)C(OCc2ccc(Cl)cc2Cl)C1(C)O. The maximum Gasteiger partial charge on any atom is 0.188 e. The van der Waals surface area contributed by atoms with Crippen LogP contribution >= 0.6 is 46.4 Å². The van der Waals surface area contributed by atoms with Crippen molar-refractivity contribution in [2.75, 3.05) is 13.7 Å². The third kappa shape index (κ3) is 5.60. The van der Waals surface area contributed by atoms with E-state index in [-0.39, 0.29) is 19.8 Å². The second-order valence-corrected chi connectivity index (χ2v) is 8.87. The van der Waals surface area contributed by atoms with Crippen molar-refractivity contribution in [3.8, 4) is 0 Å². The summed E-state index contributed by atoms with van der Waals surface area (Å²) in [5.41, 5.74) is 0.143. The van der Waals surface area contributed by atoms with E-state index in [1.54, 1.807) is 43.3 Å². The Labute approximate surface area is 195 Å². The predicted molar refractivity (Wildman–Crippen MR) is 117 cm³/mol. The van der Waals surface area contributed by atoms with Crippen LogP contribution in [0.25, 0.3) is 0 Å². The fourth-order valence-corrected chi connectivity index (χ4v) is 4.24. The van der Waals surface area contributed by atoms with Crippen LogP contribution in [0.4, 0.5) is 0 Å². The molecule has 1 N–H and O–H groups in total. The molecule has 0 spiro atoms. The summed E-state index contributed by atoms with van der Waals surface area (Å²) in [6, 6.07) is 10.3. The van der Waals surface area contributed by atoms with Crippen molar-refractivity contribution in [1.29, 1.82) is 0 Å². The van der Waals surface area contributed by atoms with Gasteiger partial charge in [0, 0.05) is 27.2 Å². The fraction of sp³-hybridized carbons (Fsp3) is 0.429. The quantitative estimate of drug-likeness (QED) is 0.522. The highest BCUT2D eigenvalue weighted by Gasteiger charge is 2.54. The highest BCUT2D eigenvalue weighted by Crippen LogP contribution is 2.35. The van der Waals surface area contributed by atoms with Crippen LogP contribution in [0.5, 0.6) is 0 Å². The highest BCUT2D eigenvalue weighted by molar-refractivity contribution is 6.35. The molecule has 164 valence electrons. The first kappa shape index (κ1) is 24.1. The molecule has 0 amide bonds. The normalized spacial score (nSPS) is 26.3. The number of hydrogen-bond acceptors (Lipinski definition) is 5. The van der Waals surface area contributed by atoms with Gasteiger partial charge in [0.1, 0.15) is 17.8 Å². The van der Waals surface area contributed by atoms with Gasteiger partial charge in [-0.25, -0.2) is 0 Å². The van der Waals surface area contributed by atoms with Crippen molar-refractivity contribution in [3.05, 3.63) is 67.6 Å². The van der Waals surface area contributed by atoms with Crippen LogP contribution in [-0.4, -0.2) is 42.9 Å². The van der Waals surface area contributed by atoms with Crippen molar-refractivity contribution in [2.24, 2.45) is 0 Å². The molecule has 30 heavy (non-hydrogen) atoms. The third-order valence-corrected chi connectivity index (χ3v) is 6.07. The smallest absolute Gasteiger partial charge is 0.188 e. The Morgan fingerprint density at radius 1 is 0.967 bits per heavy atom. The van der Waals surface area contributed by atoms with Crippen LogP contribution < -0.4 is 0 Å². The highest BCUT2D eigenvalue weighted by atomic mass is 35.5. The number of ether oxygens (including phenoxy) is 4. The van der Waals surface area contributed by atoms with Gasteiger partial charge in [0.05, 0.1) is 19.8 Å². The van der Waals surface area contributed by atoms with Gasteiger partial charge in [-0.15, -0.1) is 0 Å². The van der Waals surface area contributed by atoms with E-state index in [1.807, 2.05) is 0 Å². The van der Waals surface area contributed by atoms with E-state index >= 15 is 0 Å². The summed E-state index contributed by atoms with van der Waals surface area (Å²) in [6.07, 6.45) is -2.15. The molecule has 1 saturated heterocycles. The van der Waals surface area contributed by atoms with E-state index in [0.29, 0.717) is 20.1 Å². The average Bonchev–Trinajstić information content (AvgIpc) is 2.92. The lowest BCUT2D eigenvalue weighted by molar-refractivity contribution is -0.190. The Kier molecular flexibility index (Phi) is 8.29. The fourth-order valence-electron chi connectivity index (χ4n) is 3.32. The van der Waals surface area contributed by atoms with Crippen LogP contribution in [0.1, 0.15) is 18.1 Å². The van der Waals surface area contributed by atoms with Gasteiger partial charge < -0.3 is 24.1 Å². The van der Waals surface area contributed by atoms with E-state index in [0.717, 1.165) is 11.1 Å². The Bertz CT molecular complexity index is 876. The summed E-state index contributed by atoms with van der Waals surface area (Å²) >= 11 is 24.3. The molecule has 4 unspecified atom stereocenters. The molecule has 2 aromatic rings. The number of hydrogen-bond donors (Lipinski definition) is 1.